The normalized spacial score (nSPS) is 14.6. The summed E-state index contributed by atoms with van der Waals surface area (Å²) in [7, 11) is 0. The molecule has 24 nitrogen and oxygen atoms in total. The van der Waals surface area contributed by atoms with Crippen LogP contribution in [0, 0.1) is 23.7 Å². The lowest BCUT2D eigenvalue weighted by atomic mass is 10.0. The maximum Gasteiger partial charge on any atom is 0.243 e. The van der Waals surface area contributed by atoms with Crippen molar-refractivity contribution in [1.82, 2.24) is 53.2 Å². The third kappa shape index (κ3) is 28.8. The number of amides is 11. The van der Waals surface area contributed by atoms with E-state index in [-0.39, 0.29) is 55.8 Å². The van der Waals surface area contributed by atoms with Crippen LogP contribution in [-0.4, -0.2) is 139 Å². The highest BCUT2D eigenvalue weighted by atomic mass is 16.2. The average molecular weight is 1020 g/mol. The Morgan fingerprint density at radius 2 is 0.667 bits per heavy atom. The van der Waals surface area contributed by atoms with E-state index in [1.165, 1.54) is 20.8 Å². The molecule has 412 valence electrons. The molecule has 0 heterocycles. The molecular formula is C48H89N13O11. The number of nitrogens with one attached hydrogen (secondary N) is 10. The van der Waals surface area contributed by atoms with Gasteiger partial charge in [0.1, 0.15) is 48.3 Å². The van der Waals surface area contributed by atoms with Crippen molar-refractivity contribution in [2.24, 2.45) is 40.9 Å². The molecule has 11 amide bonds. The molecule has 0 aliphatic carbocycles. The predicted molar refractivity (Wildman–Crippen MR) is 271 cm³/mol. The summed E-state index contributed by atoms with van der Waals surface area (Å²) in [6, 6.07) is -8.70. The minimum Gasteiger partial charge on any atom is -0.368 e. The molecule has 0 aromatic rings. The van der Waals surface area contributed by atoms with Gasteiger partial charge in [-0.25, -0.2) is 0 Å². The molecule has 0 aliphatic rings. The van der Waals surface area contributed by atoms with Crippen molar-refractivity contribution in [2.45, 2.75) is 189 Å². The van der Waals surface area contributed by atoms with E-state index in [0.29, 0.717) is 45.2 Å². The first kappa shape index (κ1) is 66.1. The molecule has 0 bridgehead atoms. The summed E-state index contributed by atoms with van der Waals surface area (Å²) in [5, 5.41) is 25.9. The maximum absolute atomic E-state index is 13.7. The van der Waals surface area contributed by atoms with Crippen LogP contribution in [0.3, 0.4) is 0 Å². The molecule has 0 radical (unpaired) electrons. The third-order valence-electron chi connectivity index (χ3n) is 11.0. The Morgan fingerprint density at radius 3 is 0.986 bits per heavy atom. The SMILES string of the molecule is CC(=O)N[C@@H](CC(C)C)C(=O)NCC(=O)N[C@@H](CC(C)C)C(=O)N[C@@H](CCCCN)C(=O)N[C@@H](C)C(=O)N[C@@H](CC(C)C)C(=O)NCC(=O)N[C@@H](CC(C)C)C(=O)N[C@@H](CCCCN)C(=O)N[C@@H](C)C(N)=O. The highest BCUT2D eigenvalue weighted by Gasteiger charge is 2.32. The molecule has 0 spiro atoms. The lowest BCUT2D eigenvalue weighted by Gasteiger charge is -2.26. The van der Waals surface area contributed by atoms with Crippen LogP contribution in [0.15, 0.2) is 0 Å². The molecule has 24 heteroatoms. The predicted octanol–water partition coefficient (Wildman–Crippen LogP) is -1.92. The zero-order valence-electron chi connectivity index (χ0n) is 44.6. The number of primary amides is 1. The fraction of sp³-hybridized carbons (Fsp3) is 0.771. The largest absolute Gasteiger partial charge is 0.368 e. The van der Waals surface area contributed by atoms with Gasteiger partial charge in [-0.2, -0.15) is 0 Å². The van der Waals surface area contributed by atoms with Crippen LogP contribution in [0.2, 0.25) is 0 Å². The molecule has 16 N–H and O–H groups in total. The Labute approximate surface area is 425 Å². The number of hydrogen-bond donors (Lipinski definition) is 13. The Morgan fingerprint density at radius 1 is 0.361 bits per heavy atom. The van der Waals surface area contributed by atoms with Gasteiger partial charge in [-0.15, -0.1) is 0 Å². The van der Waals surface area contributed by atoms with E-state index in [4.69, 9.17) is 17.2 Å². The van der Waals surface area contributed by atoms with Gasteiger partial charge in [0.15, 0.2) is 0 Å². The Balaban J connectivity index is 5.97. The fourth-order valence-electron chi connectivity index (χ4n) is 7.26. The van der Waals surface area contributed by atoms with Crippen LogP contribution in [0.25, 0.3) is 0 Å². The van der Waals surface area contributed by atoms with E-state index in [0.717, 1.165) is 0 Å². The van der Waals surface area contributed by atoms with Crippen LogP contribution in [0.4, 0.5) is 0 Å². The zero-order valence-corrected chi connectivity index (χ0v) is 44.6. The summed E-state index contributed by atoms with van der Waals surface area (Å²) < 4.78 is 0. The average Bonchev–Trinajstić information content (AvgIpc) is 3.27. The van der Waals surface area contributed by atoms with Crippen LogP contribution in [0.1, 0.15) is 140 Å². The van der Waals surface area contributed by atoms with Crippen molar-refractivity contribution in [3.05, 3.63) is 0 Å². The quantitative estimate of drug-likeness (QED) is 0.0305. The van der Waals surface area contributed by atoms with Gasteiger partial charge in [0.05, 0.1) is 13.1 Å². The van der Waals surface area contributed by atoms with Crippen molar-refractivity contribution >= 4 is 65.0 Å². The van der Waals surface area contributed by atoms with Gasteiger partial charge in [0.2, 0.25) is 65.0 Å². The smallest absolute Gasteiger partial charge is 0.243 e. The maximum atomic E-state index is 13.7. The molecule has 0 aliphatic heterocycles. The number of carbonyl (C=O) groups is 11. The molecule has 72 heavy (non-hydrogen) atoms. The number of carbonyl (C=O) groups excluding carboxylic acids is 11. The van der Waals surface area contributed by atoms with Crippen molar-refractivity contribution in [3.63, 3.8) is 0 Å². The first-order valence-electron chi connectivity index (χ1n) is 25.2. The summed E-state index contributed by atoms with van der Waals surface area (Å²) >= 11 is 0. The lowest BCUT2D eigenvalue weighted by Crippen LogP contribution is -2.58. The van der Waals surface area contributed by atoms with Gasteiger partial charge in [-0.05, 0) is 115 Å². The van der Waals surface area contributed by atoms with Gasteiger partial charge in [-0.1, -0.05) is 55.4 Å². The van der Waals surface area contributed by atoms with Crippen LogP contribution < -0.4 is 70.4 Å². The second kappa shape index (κ2) is 35.2. The lowest BCUT2D eigenvalue weighted by molar-refractivity contribution is -0.135. The van der Waals surface area contributed by atoms with Gasteiger partial charge in [0, 0.05) is 6.92 Å². The summed E-state index contributed by atoms with van der Waals surface area (Å²) in [4.78, 5) is 144. The standard InChI is InChI=1S/C48H89N13O11/c1-26(2)20-35(56-32(11)62)43(67)52-24-39(63)57-38(23-29(7)8)48(72)60-34(17-13-15-19-50)46(70)55-31(10)42(66)61-36(21-27(3)4)44(68)53-25-40(64)58-37(22-28(5)6)47(71)59-33(16-12-14-18-49)45(69)54-30(9)41(51)65/h26-31,33-38H,12-25,49-50H2,1-11H3,(H2,51,65)(H,52,67)(H,53,68)(H,54,69)(H,55,70)(H,56,62)(H,57,63)(H,58,64)(H,59,71)(H,60,72)(H,61,66)/t30-,31-,33-,34-,35-,36-,37-,38-/m0/s1. The van der Waals surface area contributed by atoms with E-state index < -0.39 is 126 Å². The zero-order chi connectivity index (χ0) is 55.2. The van der Waals surface area contributed by atoms with E-state index >= 15 is 0 Å². The topological polar surface area (TPSA) is 386 Å². The second-order valence-electron chi connectivity index (χ2n) is 20.1. The van der Waals surface area contributed by atoms with E-state index in [2.05, 4.69) is 53.2 Å². The minimum atomic E-state index is -1.22. The summed E-state index contributed by atoms with van der Waals surface area (Å²) in [5.74, 6) is -7.54. The molecule has 8 atom stereocenters. The Kier molecular flexibility index (Phi) is 32.4. The molecule has 0 saturated heterocycles. The number of unbranched alkanes of at least 4 members (excludes halogenated alkanes) is 2. The Bertz CT molecular complexity index is 1800. The second-order valence-corrected chi connectivity index (χ2v) is 20.1. The van der Waals surface area contributed by atoms with Crippen LogP contribution >= 0.6 is 0 Å². The highest BCUT2D eigenvalue weighted by molar-refractivity contribution is 5.97. The number of rotatable bonds is 36. The summed E-state index contributed by atoms with van der Waals surface area (Å²) in [6.45, 7) is 18.4. The van der Waals surface area contributed by atoms with Gasteiger partial charge in [0.25, 0.3) is 0 Å². The highest BCUT2D eigenvalue weighted by Crippen LogP contribution is 2.11. The van der Waals surface area contributed by atoms with Gasteiger partial charge in [-0.3, -0.25) is 52.7 Å². The molecule has 0 unspecified atom stereocenters. The number of hydrogen-bond acceptors (Lipinski definition) is 13. The van der Waals surface area contributed by atoms with Crippen molar-refractivity contribution in [3.8, 4) is 0 Å². The number of nitrogens with two attached hydrogens (primary N) is 3. The van der Waals surface area contributed by atoms with Gasteiger partial charge >= 0.3 is 0 Å². The van der Waals surface area contributed by atoms with E-state index in [1.54, 1.807) is 0 Å². The first-order valence-corrected chi connectivity index (χ1v) is 25.2. The van der Waals surface area contributed by atoms with E-state index in [9.17, 15) is 52.7 Å². The molecule has 0 saturated carbocycles. The monoisotopic (exact) mass is 1020 g/mol. The fourth-order valence-corrected chi connectivity index (χ4v) is 7.26. The molecule has 0 aromatic carbocycles. The minimum absolute atomic E-state index is 0.0669. The van der Waals surface area contributed by atoms with Crippen LogP contribution in [0.5, 0.6) is 0 Å². The summed E-state index contributed by atoms with van der Waals surface area (Å²) in [5.41, 5.74) is 16.6. The Hall–Kier alpha value is -5.91. The molecule has 0 fully saturated rings. The van der Waals surface area contributed by atoms with Gasteiger partial charge < -0.3 is 70.4 Å². The first-order chi connectivity index (χ1) is 33.6. The third-order valence-corrected chi connectivity index (χ3v) is 11.0. The van der Waals surface area contributed by atoms with Crippen LogP contribution in [-0.2, 0) is 52.7 Å². The van der Waals surface area contributed by atoms with Crippen molar-refractivity contribution in [1.29, 1.82) is 0 Å². The summed E-state index contributed by atoms with van der Waals surface area (Å²) in [6.07, 6.45) is 3.14. The van der Waals surface area contributed by atoms with Crippen molar-refractivity contribution < 1.29 is 52.7 Å². The molecule has 0 aromatic heterocycles. The molecular weight excluding hydrogens is 935 g/mol. The van der Waals surface area contributed by atoms with E-state index in [1.807, 2.05) is 55.4 Å². The van der Waals surface area contributed by atoms with Crippen molar-refractivity contribution in [2.75, 3.05) is 26.2 Å². The molecule has 0 rings (SSSR count).